The van der Waals surface area contributed by atoms with Crippen LogP contribution in [0.3, 0.4) is 0 Å². The van der Waals surface area contributed by atoms with Gasteiger partial charge in [-0.15, -0.1) is 0 Å². The fourth-order valence-corrected chi connectivity index (χ4v) is 2.46. The van der Waals surface area contributed by atoms with Crippen LogP contribution in [0, 0.1) is 0 Å². The van der Waals surface area contributed by atoms with Crippen molar-refractivity contribution in [2.24, 2.45) is 0 Å². The summed E-state index contributed by atoms with van der Waals surface area (Å²) < 4.78 is 0. The van der Waals surface area contributed by atoms with Gasteiger partial charge in [0, 0.05) is 18.9 Å². The summed E-state index contributed by atoms with van der Waals surface area (Å²) in [6.07, 6.45) is 2.63. The molecule has 0 aromatic heterocycles. The van der Waals surface area contributed by atoms with Crippen LogP contribution in [-0.2, 0) is 4.79 Å². The Morgan fingerprint density at radius 1 is 0.952 bits per heavy atom. The molecule has 0 fully saturated rings. The minimum absolute atomic E-state index is 0.119. The monoisotopic (exact) mass is 281 g/mol. The first-order chi connectivity index (χ1) is 10.3. The van der Waals surface area contributed by atoms with E-state index in [1.165, 1.54) is 11.1 Å². The Labute approximate surface area is 127 Å². The van der Waals surface area contributed by atoms with Crippen LogP contribution in [-0.4, -0.2) is 12.5 Å². The molecule has 1 amide bonds. The molecule has 1 N–H and O–H groups in total. The summed E-state index contributed by atoms with van der Waals surface area (Å²) in [5.74, 6) is 0.246. The minimum Gasteiger partial charge on any atom is -0.356 e. The number of nitrogens with one attached hydrogen (secondary N) is 1. The molecule has 0 aliphatic rings. The van der Waals surface area contributed by atoms with Gasteiger partial charge in [0.2, 0.25) is 5.91 Å². The van der Waals surface area contributed by atoms with Crippen molar-refractivity contribution >= 4 is 5.91 Å². The van der Waals surface area contributed by atoms with Gasteiger partial charge in [0.25, 0.3) is 0 Å². The van der Waals surface area contributed by atoms with Gasteiger partial charge >= 0.3 is 0 Å². The van der Waals surface area contributed by atoms with Crippen molar-refractivity contribution in [3.8, 4) is 0 Å². The maximum Gasteiger partial charge on any atom is 0.220 e. The lowest BCUT2D eigenvalue weighted by atomic mass is 9.88. The van der Waals surface area contributed by atoms with Crippen molar-refractivity contribution in [3.05, 3.63) is 71.8 Å². The summed E-state index contributed by atoms with van der Waals surface area (Å²) in [6, 6.07) is 20.5. The molecule has 0 atom stereocenters. The van der Waals surface area contributed by atoms with Crippen LogP contribution in [0.2, 0.25) is 0 Å². The zero-order chi connectivity index (χ0) is 14.9. The van der Waals surface area contributed by atoms with Gasteiger partial charge in [-0.25, -0.2) is 0 Å². The number of benzene rings is 2. The van der Waals surface area contributed by atoms with Gasteiger partial charge in [0.15, 0.2) is 0 Å². The van der Waals surface area contributed by atoms with Crippen molar-refractivity contribution in [2.45, 2.75) is 32.1 Å². The van der Waals surface area contributed by atoms with E-state index >= 15 is 0 Å². The Bertz CT molecular complexity index is 497. The molecule has 110 valence electrons. The zero-order valence-electron chi connectivity index (χ0n) is 12.6. The smallest absolute Gasteiger partial charge is 0.220 e. The van der Waals surface area contributed by atoms with E-state index in [2.05, 4.69) is 36.5 Å². The highest BCUT2D eigenvalue weighted by Crippen LogP contribution is 2.27. The molecule has 0 aliphatic heterocycles. The second-order valence-electron chi connectivity index (χ2n) is 5.28. The van der Waals surface area contributed by atoms with Gasteiger partial charge in [0.1, 0.15) is 0 Å². The van der Waals surface area contributed by atoms with Gasteiger partial charge in [0.05, 0.1) is 0 Å². The SMILES string of the molecule is CCCCNC(=O)CC(c1ccccc1)c1ccccc1. The van der Waals surface area contributed by atoms with Crippen LogP contribution in [0.5, 0.6) is 0 Å². The Hall–Kier alpha value is -2.09. The average molecular weight is 281 g/mol. The summed E-state index contributed by atoms with van der Waals surface area (Å²) in [6.45, 7) is 2.90. The van der Waals surface area contributed by atoms with Crippen LogP contribution in [0.1, 0.15) is 43.2 Å². The van der Waals surface area contributed by atoms with E-state index in [0.717, 1.165) is 19.4 Å². The standard InChI is InChI=1S/C19H23NO/c1-2-3-14-20-19(21)15-18(16-10-6-4-7-11-16)17-12-8-5-9-13-17/h4-13,18H,2-3,14-15H2,1H3,(H,20,21). The van der Waals surface area contributed by atoms with E-state index in [1.807, 2.05) is 36.4 Å². The van der Waals surface area contributed by atoms with Crippen molar-refractivity contribution < 1.29 is 4.79 Å². The number of carbonyl (C=O) groups excluding carboxylic acids is 1. The fourth-order valence-electron chi connectivity index (χ4n) is 2.46. The molecule has 0 saturated carbocycles. The lowest BCUT2D eigenvalue weighted by molar-refractivity contribution is -0.121. The number of carbonyl (C=O) groups is 1. The lowest BCUT2D eigenvalue weighted by Gasteiger charge is -2.17. The van der Waals surface area contributed by atoms with Gasteiger partial charge in [-0.1, -0.05) is 74.0 Å². The predicted octanol–water partition coefficient (Wildman–Crippen LogP) is 4.12. The van der Waals surface area contributed by atoms with Crippen LogP contribution in [0.25, 0.3) is 0 Å². The van der Waals surface area contributed by atoms with E-state index in [1.54, 1.807) is 0 Å². The summed E-state index contributed by atoms with van der Waals surface area (Å²) in [7, 11) is 0. The molecule has 0 saturated heterocycles. The van der Waals surface area contributed by atoms with E-state index in [9.17, 15) is 4.79 Å². The third kappa shape index (κ3) is 4.75. The van der Waals surface area contributed by atoms with E-state index in [0.29, 0.717) is 6.42 Å². The Kier molecular flexibility index (Phi) is 6.01. The molecule has 21 heavy (non-hydrogen) atoms. The Balaban J connectivity index is 2.12. The summed E-state index contributed by atoms with van der Waals surface area (Å²) in [4.78, 5) is 12.2. The summed E-state index contributed by atoms with van der Waals surface area (Å²) in [5.41, 5.74) is 2.38. The van der Waals surface area contributed by atoms with Crippen LogP contribution < -0.4 is 5.32 Å². The van der Waals surface area contributed by atoms with E-state index in [4.69, 9.17) is 0 Å². The molecule has 0 heterocycles. The highest BCUT2D eigenvalue weighted by atomic mass is 16.1. The van der Waals surface area contributed by atoms with Gasteiger partial charge in [-0.3, -0.25) is 4.79 Å². The van der Waals surface area contributed by atoms with Gasteiger partial charge in [-0.2, -0.15) is 0 Å². The minimum atomic E-state index is 0.119. The second kappa shape index (κ2) is 8.25. The highest BCUT2D eigenvalue weighted by molar-refractivity contribution is 5.77. The topological polar surface area (TPSA) is 29.1 Å². The highest BCUT2D eigenvalue weighted by Gasteiger charge is 2.17. The average Bonchev–Trinajstić information content (AvgIpc) is 2.54. The maximum absolute atomic E-state index is 12.2. The Morgan fingerprint density at radius 2 is 1.48 bits per heavy atom. The van der Waals surface area contributed by atoms with Crippen molar-refractivity contribution in [2.75, 3.05) is 6.54 Å². The fraction of sp³-hybridized carbons (Fsp3) is 0.316. The van der Waals surface area contributed by atoms with Gasteiger partial charge < -0.3 is 5.32 Å². The molecule has 2 nitrogen and oxygen atoms in total. The molecule has 2 aromatic rings. The van der Waals surface area contributed by atoms with Crippen LogP contribution in [0.4, 0.5) is 0 Å². The third-order valence-corrected chi connectivity index (χ3v) is 3.65. The first-order valence-electron chi connectivity index (χ1n) is 7.68. The molecule has 0 spiro atoms. The zero-order valence-corrected chi connectivity index (χ0v) is 12.6. The van der Waals surface area contributed by atoms with Crippen molar-refractivity contribution in [1.82, 2.24) is 5.32 Å². The summed E-state index contributed by atoms with van der Waals surface area (Å²) in [5, 5.41) is 3.01. The molecule has 0 radical (unpaired) electrons. The van der Waals surface area contributed by atoms with E-state index in [-0.39, 0.29) is 11.8 Å². The van der Waals surface area contributed by atoms with Crippen LogP contribution in [0.15, 0.2) is 60.7 Å². The van der Waals surface area contributed by atoms with Crippen molar-refractivity contribution in [1.29, 1.82) is 0 Å². The first kappa shape index (κ1) is 15.3. The van der Waals surface area contributed by atoms with Crippen molar-refractivity contribution in [3.63, 3.8) is 0 Å². The number of hydrogen-bond donors (Lipinski definition) is 1. The largest absolute Gasteiger partial charge is 0.356 e. The number of rotatable bonds is 7. The van der Waals surface area contributed by atoms with Gasteiger partial charge in [-0.05, 0) is 17.5 Å². The quantitative estimate of drug-likeness (QED) is 0.760. The number of amides is 1. The molecule has 0 bridgehead atoms. The molecule has 0 aliphatic carbocycles. The molecular weight excluding hydrogens is 258 g/mol. The molecule has 2 heteroatoms. The third-order valence-electron chi connectivity index (χ3n) is 3.65. The first-order valence-corrected chi connectivity index (χ1v) is 7.68. The lowest BCUT2D eigenvalue weighted by Crippen LogP contribution is -2.26. The Morgan fingerprint density at radius 3 is 1.95 bits per heavy atom. The molecule has 0 unspecified atom stereocenters. The van der Waals surface area contributed by atoms with Crippen LogP contribution >= 0.6 is 0 Å². The number of hydrogen-bond acceptors (Lipinski definition) is 1. The second-order valence-corrected chi connectivity index (χ2v) is 5.28. The van der Waals surface area contributed by atoms with E-state index < -0.39 is 0 Å². The number of unbranched alkanes of at least 4 members (excludes halogenated alkanes) is 1. The normalized spacial score (nSPS) is 10.6. The predicted molar refractivity (Wildman–Crippen MR) is 87.3 cm³/mol. The molecule has 2 aromatic carbocycles. The molecular formula is C19H23NO. The summed E-state index contributed by atoms with van der Waals surface area (Å²) >= 11 is 0. The molecule has 2 rings (SSSR count). The maximum atomic E-state index is 12.2.